The minimum Gasteiger partial charge on any atom is -0.385 e. The number of hydrogen-bond acceptors (Lipinski definition) is 4. The van der Waals surface area contributed by atoms with Crippen molar-refractivity contribution in [3.8, 4) is 0 Å². The topological polar surface area (TPSA) is 67.2 Å². The van der Waals surface area contributed by atoms with Gasteiger partial charge in [0.2, 0.25) is 5.76 Å². The second-order valence-corrected chi connectivity index (χ2v) is 4.38. The fourth-order valence-corrected chi connectivity index (χ4v) is 1.68. The van der Waals surface area contributed by atoms with Crippen molar-refractivity contribution in [1.82, 2.24) is 10.5 Å². The molecule has 0 fully saturated rings. The van der Waals surface area contributed by atoms with Gasteiger partial charge in [-0.15, -0.1) is 0 Å². The van der Waals surface area contributed by atoms with E-state index in [1.165, 1.54) is 12.1 Å². The van der Waals surface area contributed by atoms with Gasteiger partial charge < -0.3 is 15.2 Å². The lowest BCUT2D eigenvalue weighted by Gasteiger charge is -2.06. The zero-order valence-corrected chi connectivity index (χ0v) is 11.1. The van der Waals surface area contributed by atoms with Crippen molar-refractivity contribution in [1.29, 1.82) is 0 Å². The third kappa shape index (κ3) is 4.08. The maximum absolute atomic E-state index is 12.9. The predicted molar refractivity (Wildman–Crippen MR) is 73.1 cm³/mol. The number of hydrogen-bond donors (Lipinski definition) is 2. The summed E-state index contributed by atoms with van der Waals surface area (Å²) in [5.41, 5.74) is 1.39. The van der Waals surface area contributed by atoms with Gasteiger partial charge in [-0.25, -0.2) is 4.39 Å². The molecule has 0 atom stereocenters. The Balaban J connectivity index is 1.65. The molecule has 0 aliphatic heterocycles. The molecule has 0 saturated heterocycles. The quantitative estimate of drug-likeness (QED) is 0.795. The third-order valence-corrected chi connectivity index (χ3v) is 2.64. The minimum absolute atomic E-state index is 0.209. The zero-order chi connectivity index (χ0) is 14.4. The molecule has 0 radical (unpaired) electrons. The molecule has 0 aliphatic rings. The molecule has 106 valence electrons. The van der Waals surface area contributed by atoms with E-state index < -0.39 is 0 Å². The highest BCUT2D eigenvalue weighted by molar-refractivity contribution is 5.91. The van der Waals surface area contributed by atoms with Crippen LogP contribution < -0.4 is 10.6 Å². The van der Waals surface area contributed by atoms with Crippen LogP contribution in [0.15, 0.2) is 34.9 Å². The molecule has 6 heteroatoms. The molecule has 0 saturated carbocycles. The summed E-state index contributed by atoms with van der Waals surface area (Å²) in [7, 11) is 0. The number of carbonyl (C=O) groups excluding carboxylic acids is 1. The van der Waals surface area contributed by atoms with Crippen LogP contribution in [0.5, 0.6) is 0 Å². The molecule has 20 heavy (non-hydrogen) atoms. The number of carbonyl (C=O) groups is 1. The van der Waals surface area contributed by atoms with Crippen molar-refractivity contribution in [2.75, 3.05) is 18.4 Å². The highest BCUT2D eigenvalue weighted by atomic mass is 19.1. The average molecular weight is 277 g/mol. The Kier molecular flexibility index (Phi) is 4.70. The molecule has 2 N–H and O–H groups in total. The number of nitrogens with zero attached hydrogens (tertiary/aromatic N) is 1. The van der Waals surface area contributed by atoms with Crippen LogP contribution in [0, 0.1) is 12.7 Å². The van der Waals surface area contributed by atoms with Crippen LogP contribution in [0.1, 0.15) is 22.7 Å². The first-order valence-corrected chi connectivity index (χ1v) is 6.36. The smallest absolute Gasteiger partial charge is 0.289 e. The molecule has 2 rings (SSSR count). The molecule has 0 unspecified atom stereocenters. The van der Waals surface area contributed by atoms with Crippen molar-refractivity contribution in [3.63, 3.8) is 0 Å². The van der Waals surface area contributed by atoms with Crippen LogP contribution in [-0.2, 0) is 0 Å². The number of nitrogens with one attached hydrogen (secondary N) is 2. The monoisotopic (exact) mass is 277 g/mol. The lowest BCUT2D eigenvalue weighted by atomic mass is 10.3. The van der Waals surface area contributed by atoms with Gasteiger partial charge in [0.25, 0.3) is 5.91 Å². The third-order valence-electron chi connectivity index (χ3n) is 2.64. The largest absolute Gasteiger partial charge is 0.385 e. The van der Waals surface area contributed by atoms with Gasteiger partial charge in [-0.2, -0.15) is 0 Å². The SMILES string of the molecule is Cc1cc(C(=O)NCCCNc2cccc(F)c2)on1. The summed E-state index contributed by atoms with van der Waals surface area (Å²) in [4.78, 5) is 11.6. The van der Waals surface area contributed by atoms with E-state index in [9.17, 15) is 9.18 Å². The lowest BCUT2D eigenvalue weighted by molar-refractivity contribution is 0.0916. The van der Waals surface area contributed by atoms with E-state index in [1.54, 1.807) is 25.1 Å². The van der Waals surface area contributed by atoms with Gasteiger partial charge >= 0.3 is 0 Å². The molecule has 0 aliphatic carbocycles. The molecule has 1 amide bonds. The van der Waals surface area contributed by atoms with E-state index in [0.717, 1.165) is 12.1 Å². The lowest BCUT2D eigenvalue weighted by Crippen LogP contribution is -2.25. The maximum atomic E-state index is 12.9. The number of rotatable bonds is 6. The molecular weight excluding hydrogens is 261 g/mol. The average Bonchev–Trinajstić information content (AvgIpc) is 2.85. The summed E-state index contributed by atoms with van der Waals surface area (Å²) in [6.45, 7) is 2.89. The Morgan fingerprint density at radius 3 is 2.90 bits per heavy atom. The van der Waals surface area contributed by atoms with E-state index in [1.807, 2.05) is 0 Å². The zero-order valence-electron chi connectivity index (χ0n) is 11.1. The van der Waals surface area contributed by atoms with Gasteiger partial charge in [0, 0.05) is 24.8 Å². The summed E-state index contributed by atoms with van der Waals surface area (Å²) in [6.07, 6.45) is 0.718. The number of anilines is 1. The Morgan fingerprint density at radius 2 is 2.20 bits per heavy atom. The second-order valence-electron chi connectivity index (χ2n) is 4.38. The summed E-state index contributed by atoms with van der Waals surface area (Å²) in [5.74, 6) is -0.346. The van der Waals surface area contributed by atoms with Gasteiger partial charge in [-0.05, 0) is 31.5 Å². The fourth-order valence-electron chi connectivity index (χ4n) is 1.68. The minimum atomic E-state index is -0.281. The molecule has 1 heterocycles. The first-order valence-electron chi connectivity index (χ1n) is 6.36. The molecule has 1 aromatic carbocycles. The Morgan fingerprint density at radius 1 is 1.35 bits per heavy atom. The van der Waals surface area contributed by atoms with Crippen molar-refractivity contribution in [2.24, 2.45) is 0 Å². The summed E-state index contributed by atoms with van der Waals surface area (Å²) < 4.78 is 17.8. The first kappa shape index (κ1) is 14.0. The Bertz CT molecular complexity index is 583. The molecule has 0 bridgehead atoms. The van der Waals surface area contributed by atoms with Gasteiger partial charge in [0.15, 0.2) is 0 Å². The molecule has 1 aromatic heterocycles. The second kappa shape index (κ2) is 6.70. The van der Waals surface area contributed by atoms with Gasteiger partial charge in [-0.3, -0.25) is 4.79 Å². The normalized spacial score (nSPS) is 10.3. The van der Waals surface area contributed by atoms with Crippen LogP contribution in [0.4, 0.5) is 10.1 Å². The van der Waals surface area contributed by atoms with E-state index in [0.29, 0.717) is 18.8 Å². The molecule has 5 nitrogen and oxygen atoms in total. The summed E-state index contributed by atoms with van der Waals surface area (Å²) in [6, 6.07) is 7.84. The van der Waals surface area contributed by atoms with Gasteiger partial charge in [0.1, 0.15) is 5.82 Å². The van der Waals surface area contributed by atoms with Crippen molar-refractivity contribution >= 4 is 11.6 Å². The standard InChI is InChI=1S/C14H16FN3O2/c1-10-8-13(20-18-10)14(19)17-7-3-6-16-12-5-2-4-11(15)9-12/h2,4-5,8-9,16H,3,6-7H2,1H3,(H,17,19). The van der Waals surface area contributed by atoms with E-state index in [2.05, 4.69) is 15.8 Å². The highest BCUT2D eigenvalue weighted by Crippen LogP contribution is 2.08. The Labute approximate surface area is 116 Å². The van der Waals surface area contributed by atoms with E-state index in [4.69, 9.17) is 4.52 Å². The number of amides is 1. The van der Waals surface area contributed by atoms with Crippen molar-refractivity contribution in [3.05, 3.63) is 47.6 Å². The molecule has 0 spiro atoms. The maximum Gasteiger partial charge on any atom is 0.289 e. The van der Waals surface area contributed by atoms with Crippen LogP contribution in [0.2, 0.25) is 0 Å². The van der Waals surface area contributed by atoms with Crippen molar-refractivity contribution < 1.29 is 13.7 Å². The summed E-state index contributed by atoms with van der Waals surface area (Å²) >= 11 is 0. The summed E-state index contributed by atoms with van der Waals surface area (Å²) in [5, 5.41) is 9.45. The van der Waals surface area contributed by atoms with Crippen LogP contribution in [-0.4, -0.2) is 24.2 Å². The van der Waals surface area contributed by atoms with Crippen LogP contribution in [0.25, 0.3) is 0 Å². The predicted octanol–water partition coefficient (Wildman–Crippen LogP) is 2.35. The fraction of sp³-hybridized carbons (Fsp3) is 0.286. The molecular formula is C14H16FN3O2. The Hall–Kier alpha value is -2.37. The van der Waals surface area contributed by atoms with Gasteiger partial charge in [0.05, 0.1) is 5.69 Å². The number of benzene rings is 1. The van der Waals surface area contributed by atoms with Crippen molar-refractivity contribution in [2.45, 2.75) is 13.3 Å². The van der Waals surface area contributed by atoms with Gasteiger partial charge in [-0.1, -0.05) is 11.2 Å². The van der Waals surface area contributed by atoms with E-state index >= 15 is 0 Å². The van der Waals surface area contributed by atoms with Crippen LogP contribution in [0.3, 0.4) is 0 Å². The number of halogens is 1. The molecule has 2 aromatic rings. The number of aromatic nitrogens is 1. The van der Waals surface area contributed by atoms with E-state index in [-0.39, 0.29) is 17.5 Å². The van der Waals surface area contributed by atoms with Crippen LogP contribution >= 0.6 is 0 Å². The first-order chi connectivity index (χ1) is 9.65. The highest BCUT2D eigenvalue weighted by Gasteiger charge is 2.09. The number of aryl methyl sites for hydroxylation is 1.